The molecule has 0 spiro atoms. The molecule has 0 radical (unpaired) electrons. The maximum Gasteiger partial charge on any atom is 0.233 e. The number of hydrogen-bond acceptors (Lipinski definition) is 3. The van der Waals surface area contributed by atoms with E-state index in [1.807, 2.05) is 0 Å². The number of hydrogen-bond donors (Lipinski definition) is 0. The fourth-order valence-corrected chi connectivity index (χ4v) is 1.37. The number of likely N-dealkylation sites (N-methyl/N-ethyl adjacent to an activating group) is 1. The highest BCUT2D eigenvalue weighted by molar-refractivity contribution is 8.14. The minimum atomic E-state index is 0.0413. The van der Waals surface area contributed by atoms with Gasteiger partial charge in [0.1, 0.15) is 0 Å². The molecule has 0 aromatic heterocycles. The minimum absolute atomic E-state index is 0.0413. The van der Waals surface area contributed by atoms with Crippen LogP contribution in [0.1, 0.15) is 0 Å². The van der Waals surface area contributed by atoms with Crippen LogP contribution in [-0.2, 0) is 9.59 Å². The number of carbonyl (C=O) groups excluding carboxylic acids is 2. The molecule has 1 fully saturated rings. The standard InChI is InChI=1S/C5H7NO2S/c1-6-2-5(8)9-3-4(6)7/h2-3H2,1H3. The highest BCUT2D eigenvalue weighted by Gasteiger charge is 2.19. The molecule has 1 aliphatic rings. The van der Waals surface area contributed by atoms with E-state index < -0.39 is 0 Å². The smallest absolute Gasteiger partial charge is 0.233 e. The van der Waals surface area contributed by atoms with Gasteiger partial charge < -0.3 is 4.90 Å². The van der Waals surface area contributed by atoms with Crippen molar-refractivity contribution in [2.24, 2.45) is 0 Å². The predicted octanol–water partition coefficient (Wildman–Crippen LogP) is -0.282. The molecule has 0 aromatic carbocycles. The van der Waals surface area contributed by atoms with Gasteiger partial charge in [0.15, 0.2) is 0 Å². The second-order valence-corrected chi connectivity index (χ2v) is 2.94. The molecule has 1 saturated heterocycles. The number of nitrogens with zero attached hydrogens (tertiary/aromatic N) is 1. The lowest BCUT2D eigenvalue weighted by Crippen LogP contribution is -2.37. The van der Waals surface area contributed by atoms with E-state index in [2.05, 4.69) is 0 Å². The molecule has 0 unspecified atom stereocenters. The van der Waals surface area contributed by atoms with E-state index in [1.165, 1.54) is 4.90 Å². The first-order chi connectivity index (χ1) is 4.20. The molecule has 4 heteroatoms. The Balaban J connectivity index is 2.54. The van der Waals surface area contributed by atoms with Crippen molar-refractivity contribution >= 4 is 22.8 Å². The summed E-state index contributed by atoms with van der Waals surface area (Å²) in [6.45, 7) is 0.267. The lowest BCUT2D eigenvalue weighted by Gasteiger charge is -2.19. The van der Waals surface area contributed by atoms with E-state index in [-0.39, 0.29) is 17.6 Å². The molecule has 1 aliphatic heterocycles. The van der Waals surface area contributed by atoms with Gasteiger partial charge in [0.05, 0.1) is 12.3 Å². The Hall–Kier alpha value is -0.510. The third-order valence-electron chi connectivity index (χ3n) is 1.15. The molecule has 0 atom stereocenters. The van der Waals surface area contributed by atoms with Crippen LogP contribution >= 0.6 is 11.8 Å². The first kappa shape index (κ1) is 6.61. The SMILES string of the molecule is CN1CC(=O)SCC1=O. The fraction of sp³-hybridized carbons (Fsp3) is 0.600. The van der Waals surface area contributed by atoms with Crippen LogP contribution < -0.4 is 0 Å². The summed E-state index contributed by atoms with van der Waals surface area (Å²) in [5.74, 6) is 0.356. The van der Waals surface area contributed by atoms with Crippen LogP contribution in [-0.4, -0.2) is 35.3 Å². The number of carbonyl (C=O) groups is 2. The Morgan fingerprint density at radius 3 is 2.67 bits per heavy atom. The zero-order valence-corrected chi connectivity index (χ0v) is 5.90. The average molecular weight is 145 g/mol. The van der Waals surface area contributed by atoms with Gasteiger partial charge in [-0.15, -0.1) is 0 Å². The van der Waals surface area contributed by atoms with E-state index in [0.717, 1.165) is 11.8 Å². The third-order valence-corrected chi connectivity index (χ3v) is 1.99. The van der Waals surface area contributed by atoms with Crippen molar-refractivity contribution in [3.05, 3.63) is 0 Å². The zero-order chi connectivity index (χ0) is 6.85. The highest BCUT2D eigenvalue weighted by atomic mass is 32.2. The van der Waals surface area contributed by atoms with Gasteiger partial charge in [-0.2, -0.15) is 0 Å². The molecular formula is C5H7NO2S. The third kappa shape index (κ3) is 1.45. The molecule has 0 aliphatic carbocycles. The molecule has 3 nitrogen and oxygen atoms in total. The topological polar surface area (TPSA) is 37.4 Å². The normalized spacial score (nSPS) is 20.8. The molecule has 0 bridgehead atoms. The van der Waals surface area contributed by atoms with Crippen molar-refractivity contribution in [1.82, 2.24) is 4.90 Å². The van der Waals surface area contributed by atoms with Gasteiger partial charge in [-0.25, -0.2) is 0 Å². The van der Waals surface area contributed by atoms with Gasteiger partial charge >= 0.3 is 0 Å². The zero-order valence-electron chi connectivity index (χ0n) is 5.09. The number of amides is 1. The van der Waals surface area contributed by atoms with E-state index in [9.17, 15) is 9.59 Å². The van der Waals surface area contributed by atoms with E-state index >= 15 is 0 Å². The summed E-state index contributed by atoms with van der Waals surface area (Å²) in [6.07, 6.45) is 0. The Morgan fingerprint density at radius 1 is 1.56 bits per heavy atom. The second-order valence-electron chi connectivity index (χ2n) is 1.91. The maximum atomic E-state index is 10.7. The summed E-state index contributed by atoms with van der Waals surface area (Å²) < 4.78 is 0. The van der Waals surface area contributed by atoms with E-state index in [4.69, 9.17) is 0 Å². The molecule has 1 amide bonds. The molecule has 0 saturated carbocycles. The summed E-state index contributed by atoms with van der Waals surface area (Å²) >= 11 is 1.10. The molecule has 1 rings (SSSR count). The number of rotatable bonds is 0. The Labute approximate surface area is 57.4 Å². The van der Waals surface area contributed by atoms with Crippen LogP contribution in [0, 0.1) is 0 Å². The number of thioether (sulfide) groups is 1. The van der Waals surface area contributed by atoms with Crippen LogP contribution in [0.25, 0.3) is 0 Å². The van der Waals surface area contributed by atoms with Crippen LogP contribution in [0.5, 0.6) is 0 Å². The Kier molecular flexibility index (Phi) is 1.75. The molecule has 0 aromatic rings. The van der Waals surface area contributed by atoms with Gasteiger partial charge in [0.2, 0.25) is 11.0 Å². The summed E-state index contributed by atoms with van der Waals surface area (Å²) in [4.78, 5) is 22.7. The van der Waals surface area contributed by atoms with Crippen LogP contribution in [0.4, 0.5) is 0 Å². The minimum Gasteiger partial charge on any atom is -0.337 e. The average Bonchev–Trinajstić information content (AvgIpc) is 1.80. The monoisotopic (exact) mass is 145 g/mol. The molecular weight excluding hydrogens is 138 g/mol. The van der Waals surface area contributed by atoms with Crippen molar-refractivity contribution in [1.29, 1.82) is 0 Å². The van der Waals surface area contributed by atoms with Crippen LogP contribution in [0.3, 0.4) is 0 Å². The van der Waals surface area contributed by atoms with Crippen molar-refractivity contribution in [3.63, 3.8) is 0 Å². The second kappa shape index (κ2) is 2.39. The van der Waals surface area contributed by atoms with Gasteiger partial charge in [0, 0.05) is 7.05 Å². The molecule has 1 heterocycles. The highest BCUT2D eigenvalue weighted by Crippen LogP contribution is 2.09. The first-order valence-corrected chi connectivity index (χ1v) is 3.58. The van der Waals surface area contributed by atoms with Gasteiger partial charge in [-0.1, -0.05) is 11.8 Å². The largest absolute Gasteiger partial charge is 0.337 e. The molecule has 50 valence electrons. The van der Waals surface area contributed by atoms with Crippen molar-refractivity contribution < 1.29 is 9.59 Å². The van der Waals surface area contributed by atoms with Gasteiger partial charge in [-0.3, -0.25) is 9.59 Å². The summed E-state index contributed by atoms with van der Waals surface area (Å²) in [6, 6.07) is 0. The summed E-state index contributed by atoms with van der Waals surface area (Å²) in [5.41, 5.74) is 0. The van der Waals surface area contributed by atoms with Crippen LogP contribution in [0.15, 0.2) is 0 Å². The maximum absolute atomic E-state index is 10.7. The lowest BCUT2D eigenvalue weighted by molar-refractivity contribution is -0.130. The van der Waals surface area contributed by atoms with E-state index in [0.29, 0.717) is 5.75 Å². The molecule has 9 heavy (non-hydrogen) atoms. The van der Waals surface area contributed by atoms with Crippen molar-refractivity contribution in [3.8, 4) is 0 Å². The van der Waals surface area contributed by atoms with Gasteiger partial charge in [-0.05, 0) is 0 Å². The fourth-order valence-electron chi connectivity index (χ4n) is 0.580. The predicted molar refractivity (Wildman–Crippen MR) is 35.1 cm³/mol. The summed E-state index contributed by atoms with van der Waals surface area (Å²) in [7, 11) is 1.64. The first-order valence-electron chi connectivity index (χ1n) is 2.60. The quantitative estimate of drug-likeness (QED) is 0.470. The summed E-state index contributed by atoms with van der Waals surface area (Å²) in [5, 5.41) is 0.0806. The van der Waals surface area contributed by atoms with E-state index in [1.54, 1.807) is 7.05 Å². The Bertz CT molecular complexity index is 157. The molecule has 0 N–H and O–H groups in total. The van der Waals surface area contributed by atoms with Gasteiger partial charge in [0.25, 0.3) is 0 Å². The van der Waals surface area contributed by atoms with Crippen molar-refractivity contribution in [2.45, 2.75) is 0 Å². The Morgan fingerprint density at radius 2 is 2.22 bits per heavy atom. The van der Waals surface area contributed by atoms with Crippen LogP contribution in [0.2, 0.25) is 0 Å². The lowest BCUT2D eigenvalue weighted by atomic mass is 10.5. The van der Waals surface area contributed by atoms with Crippen molar-refractivity contribution in [2.75, 3.05) is 19.3 Å².